The molecule has 4 aromatic rings. The molecule has 0 unspecified atom stereocenters. The fraction of sp³-hybridized carbons (Fsp3) is 0.0870. The van der Waals surface area contributed by atoms with Gasteiger partial charge >= 0.3 is 6.03 Å². The highest BCUT2D eigenvalue weighted by Gasteiger charge is 2.10. The van der Waals surface area contributed by atoms with Gasteiger partial charge in [0, 0.05) is 22.5 Å². The highest BCUT2D eigenvalue weighted by Crippen LogP contribution is 2.32. The van der Waals surface area contributed by atoms with E-state index in [2.05, 4.69) is 21.7 Å². The van der Waals surface area contributed by atoms with Crippen LogP contribution in [0.4, 0.5) is 16.2 Å². The number of amides is 2. The van der Waals surface area contributed by atoms with Crippen molar-refractivity contribution in [2.45, 2.75) is 13.8 Å². The smallest absolute Gasteiger partial charge is 0.308 e. The molecule has 2 N–H and O–H groups in total. The largest absolute Gasteiger partial charge is 0.323 e. The minimum absolute atomic E-state index is 0.00940. The van der Waals surface area contributed by atoms with E-state index in [-0.39, 0.29) is 11.8 Å². The van der Waals surface area contributed by atoms with Gasteiger partial charge in [0.2, 0.25) is 0 Å². The third-order valence-electron chi connectivity index (χ3n) is 4.56. The number of benzene rings is 3. The maximum atomic E-state index is 12.3. The molecular weight excluding hydrogens is 382 g/mol. The van der Waals surface area contributed by atoms with Crippen LogP contribution in [0, 0.1) is 6.92 Å². The summed E-state index contributed by atoms with van der Waals surface area (Å²) in [6, 6.07) is 20.4. The molecule has 29 heavy (non-hydrogen) atoms. The molecule has 4 rings (SSSR count). The van der Waals surface area contributed by atoms with Gasteiger partial charge in [0.25, 0.3) is 0 Å². The molecule has 1 aromatic heterocycles. The predicted molar refractivity (Wildman–Crippen MR) is 119 cm³/mol. The summed E-state index contributed by atoms with van der Waals surface area (Å²) in [5.41, 5.74) is 4.92. The number of nitrogens with one attached hydrogen (secondary N) is 2. The van der Waals surface area contributed by atoms with Crippen molar-refractivity contribution in [3.05, 3.63) is 77.9 Å². The predicted octanol–water partition coefficient (Wildman–Crippen LogP) is 6.12. The van der Waals surface area contributed by atoms with Crippen LogP contribution in [-0.4, -0.2) is 16.8 Å². The van der Waals surface area contributed by atoms with E-state index in [4.69, 9.17) is 0 Å². The number of hydrogen-bond donors (Lipinski definition) is 2. The minimum Gasteiger partial charge on any atom is -0.308 e. The quantitative estimate of drug-likeness (QED) is 0.405. The number of carbonyl (C=O) groups is 2. The zero-order chi connectivity index (χ0) is 20.4. The fourth-order valence-corrected chi connectivity index (χ4v) is 3.97. The van der Waals surface area contributed by atoms with E-state index in [0.717, 1.165) is 32.0 Å². The van der Waals surface area contributed by atoms with E-state index >= 15 is 0 Å². The van der Waals surface area contributed by atoms with Crippen LogP contribution in [0.15, 0.2) is 66.7 Å². The van der Waals surface area contributed by atoms with E-state index < -0.39 is 0 Å². The van der Waals surface area contributed by atoms with Crippen molar-refractivity contribution < 1.29 is 9.59 Å². The number of rotatable bonds is 4. The summed E-state index contributed by atoms with van der Waals surface area (Å²) in [5, 5.41) is 6.60. The molecule has 0 aliphatic rings. The first kappa shape index (κ1) is 18.8. The molecule has 0 bridgehead atoms. The van der Waals surface area contributed by atoms with Crippen molar-refractivity contribution in [2.24, 2.45) is 0 Å². The Morgan fingerprint density at radius 1 is 0.931 bits per heavy atom. The molecule has 0 atom stereocenters. The highest BCUT2D eigenvalue weighted by molar-refractivity contribution is 7.21. The number of Topliss-reactive ketones (excluding diaryl/α,β-unsaturated/α-hetero) is 1. The first-order chi connectivity index (χ1) is 14.0. The van der Waals surface area contributed by atoms with Gasteiger partial charge in [0.1, 0.15) is 5.01 Å². The lowest BCUT2D eigenvalue weighted by molar-refractivity contribution is 0.101. The SMILES string of the molecule is CC(=O)c1ccc(NC(=O)Nc2ccc(-c3nc4ccccc4s3)cc2C)cc1. The summed E-state index contributed by atoms with van der Waals surface area (Å²) in [6.45, 7) is 3.46. The number of aryl methyl sites for hydroxylation is 1. The number of urea groups is 1. The molecule has 3 aromatic carbocycles. The van der Waals surface area contributed by atoms with Crippen LogP contribution >= 0.6 is 11.3 Å². The molecule has 0 saturated heterocycles. The van der Waals surface area contributed by atoms with Crippen LogP contribution in [0.3, 0.4) is 0 Å². The molecule has 0 spiro atoms. The molecule has 6 heteroatoms. The molecule has 0 radical (unpaired) electrons. The van der Waals surface area contributed by atoms with E-state index in [9.17, 15) is 9.59 Å². The summed E-state index contributed by atoms with van der Waals surface area (Å²) in [5.74, 6) is -0.00940. The molecule has 0 saturated carbocycles. The Labute approximate surface area is 172 Å². The number of nitrogens with zero attached hydrogens (tertiary/aromatic N) is 1. The average Bonchev–Trinajstić information content (AvgIpc) is 3.14. The lowest BCUT2D eigenvalue weighted by atomic mass is 10.1. The Balaban J connectivity index is 1.47. The standard InChI is InChI=1S/C23H19N3O2S/c1-14-13-17(22-25-20-5-3-4-6-21(20)29-22)9-12-19(14)26-23(28)24-18-10-7-16(8-11-18)15(2)27/h3-13H,1-2H3,(H2,24,26,28). The van der Waals surface area contributed by atoms with E-state index in [1.54, 1.807) is 35.6 Å². The van der Waals surface area contributed by atoms with Crippen molar-refractivity contribution in [1.82, 2.24) is 4.98 Å². The Kier molecular flexibility index (Phi) is 5.10. The Morgan fingerprint density at radius 3 is 2.38 bits per heavy atom. The van der Waals surface area contributed by atoms with Crippen molar-refractivity contribution in [2.75, 3.05) is 10.6 Å². The number of carbonyl (C=O) groups excluding carboxylic acids is 2. The summed E-state index contributed by atoms with van der Waals surface area (Å²) >= 11 is 1.65. The zero-order valence-corrected chi connectivity index (χ0v) is 16.8. The van der Waals surface area contributed by atoms with Crippen LogP contribution in [0.25, 0.3) is 20.8 Å². The fourth-order valence-electron chi connectivity index (χ4n) is 3.01. The number of hydrogen-bond acceptors (Lipinski definition) is 4. The lowest BCUT2D eigenvalue weighted by Crippen LogP contribution is -2.20. The molecule has 144 valence electrons. The van der Waals surface area contributed by atoms with Gasteiger partial charge in [-0.2, -0.15) is 0 Å². The second kappa shape index (κ2) is 7.85. The van der Waals surface area contributed by atoms with Gasteiger partial charge in [-0.3, -0.25) is 4.79 Å². The Bertz CT molecular complexity index is 1180. The van der Waals surface area contributed by atoms with Crippen LogP contribution in [0.1, 0.15) is 22.8 Å². The molecule has 2 amide bonds. The van der Waals surface area contributed by atoms with Crippen molar-refractivity contribution >= 4 is 44.7 Å². The molecular formula is C23H19N3O2S. The molecule has 1 heterocycles. The van der Waals surface area contributed by atoms with E-state index in [0.29, 0.717) is 11.3 Å². The molecule has 5 nitrogen and oxygen atoms in total. The van der Waals surface area contributed by atoms with Gasteiger partial charge in [0.05, 0.1) is 10.2 Å². The summed E-state index contributed by atoms with van der Waals surface area (Å²) in [4.78, 5) is 28.3. The number of aromatic nitrogens is 1. The maximum absolute atomic E-state index is 12.3. The average molecular weight is 401 g/mol. The van der Waals surface area contributed by atoms with Gasteiger partial charge in [0.15, 0.2) is 5.78 Å². The second-order valence-corrected chi connectivity index (χ2v) is 7.76. The summed E-state index contributed by atoms with van der Waals surface area (Å²) in [7, 11) is 0. The van der Waals surface area contributed by atoms with Crippen LogP contribution in [0.5, 0.6) is 0 Å². The maximum Gasteiger partial charge on any atom is 0.323 e. The number of ketones is 1. The number of thiazole rings is 1. The van der Waals surface area contributed by atoms with Gasteiger partial charge in [-0.25, -0.2) is 9.78 Å². The monoisotopic (exact) mass is 401 g/mol. The zero-order valence-electron chi connectivity index (χ0n) is 16.0. The highest BCUT2D eigenvalue weighted by atomic mass is 32.1. The molecule has 0 aliphatic carbocycles. The van der Waals surface area contributed by atoms with Crippen molar-refractivity contribution in [3.63, 3.8) is 0 Å². The Hall–Kier alpha value is -3.51. The van der Waals surface area contributed by atoms with Gasteiger partial charge < -0.3 is 10.6 Å². The van der Waals surface area contributed by atoms with Gasteiger partial charge in [-0.05, 0) is 74.0 Å². The van der Waals surface area contributed by atoms with Crippen molar-refractivity contribution in [1.29, 1.82) is 0 Å². The molecule has 0 fully saturated rings. The third-order valence-corrected chi connectivity index (χ3v) is 5.65. The summed E-state index contributed by atoms with van der Waals surface area (Å²) < 4.78 is 1.15. The van der Waals surface area contributed by atoms with Crippen molar-refractivity contribution in [3.8, 4) is 10.6 Å². The number of fused-ring (bicyclic) bond motifs is 1. The first-order valence-corrected chi connectivity index (χ1v) is 9.97. The minimum atomic E-state index is -0.337. The number of para-hydroxylation sites is 1. The van der Waals surface area contributed by atoms with E-state index in [1.165, 1.54) is 6.92 Å². The van der Waals surface area contributed by atoms with Crippen LogP contribution < -0.4 is 10.6 Å². The third kappa shape index (κ3) is 4.17. The van der Waals surface area contributed by atoms with Crippen LogP contribution in [-0.2, 0) is 0 Å². The topological polar surface area (TPSA) is 71.1 Å². The lowest BCUT2D eigenvalue weighted by Gasteiger charge is -2.11. The first-order valence-electron chi connectivity index (χ1n) is 9.15. The van der Waals surface area contributed by atoms with Gasteiger partial charge in [-0.1, -0.05) is 12.1 Å². The van der Waals surface area contributed by atoms with Crippen LogP contribution in [0.2, 0.25) is 0 Å². The summed E-state index contributed by atoms with van der Waals surface area (Å²) in [6.07, 6.45) is 0. The van der Waals surface area contributed by atoms with Gasteiger partial charge in [-0.15, -0.1) is 11.3 Å². The second-order valence-electron chi connectivity index (χ2n) is 6.73. The Morgan fingerprint density at radius 2 is 1.69 bits per heavy atom. The van der Waals surface area contributed by atoms with E-state index in [1.807, 2.05) is 43.3 Å². The molecule has 0 aliphatic heterocycles. The normalized spacial score (nSPS) is 10.7. The number of anilines is 2.